The van der Waals surface area contributed by atoms with Gasteiger partial charge in [0.2, 0.25) is 0 Å². The van der Waals surface area contributed by atoms with Crippen molar-refractivity contribution in [3.63, 3.8) is 0 Å². The van der Waals surface area contributed by atoms with E-state index in [1.54, 1.807) is 42.3 Å². The van der Waals surface area contributed by atoms with Crippen molar-refractivity contribution in [3.05, 3.63) is 95.2 Å². The fraction of sp³-hybridized carbons (Fsp3) is 0.111. The van der Waals surface area contributed by atoms with E-state index in [9.17, 15) is 27.9 Å². The summed E-state index contributed by atoms with van der Waals surface area (Å²) < 4.78 is 59.1. The Kier molecular flexibility index (Phi) is 5.85. The Morgan fingerprint density at radius 2 is 1.79 bits per heavy atom. The number of aromatic carboxylic acids is 1. The number of aromatic nitrogens is 4. The van der Waals surface area contributed by atoms with Crippen LogP contribution in [-0.4, -0.2) is 36.3 Å². The van der Waals surface area contributed by atoms with Crippen LogP contribution in [0.5, 0.6) is 0 Å². The number of nitrogens with zero attached hydrogens (tertiary/aromatic N) is 4. The van der Waals surface area contributed by atoms with Gasteiger partial charge < -0.3 is 9.67 Å². The summed E-state index contributed by atoms with van der Waals surface area (Å²) in [7, 11) is 1.77. The number of carboxylic acid groups (broad SMARTS) is 1. The summed E-state index contributed by atoms with van der Waals surface area (Å²) in [6, 6.07) is 11.4. The molecule has 7 nitrogen and oxygen atoms in total. The highest BCUT2D eigenvalue weighted by Crippen LogP contribution is 2.36. The molecule has 0 aliphatic heterocycles. The van der Waals surface area contributed by atoms with Gasteiger partial charge in [-0.15, -0.1) is 0 Å². The van der Waals surface area contributed by atoms with Crippen molar-refractivity contribution in [2.45, 2.75) is 13.1 Å². The van der Waals surface area contributed by atoms with Gasteiger partial charge in [-0.1, -0.05) is 18.2 Å². The molecule has 0 amide bonds. The molecule has 11 heteroatoms. The molecule has 0 saturated carbocycles. The lowest BCUT2D eigenvalue weighted by molar-refractivity contribution is -0.138. The second-order valence-electron chi connectivity index (χ2n) is 8.72. The minimum Gasteiger partial charge on any atom is -0.478 e. The molecule has 5 rings (SSSR count). The molecule has 2 aromatic heterocycles. The molecule has 0 aliphatic carbocycles. The molecule has 5 aromatic rings. The number of halogens is 4. The number of alkyl halides is 3. The molecule has 2 heterocycles. The number of imidazole rings is 1. The molecule has 1 N–H and O–H groups in total. The van der Waals surface area contributed by atoms with E-state index in [4.69, 9.17) is 0 Å². The topological polar surface area (TPSA) is 90.0 Å². The SMILES string of the molecule is Cc1cccc(C(F)(F)F)c1C(=O)n1nc(-c2ccc(C(=O)O)cc2F)c2ccc(-c3cn(C)cn3)cc21. The number of rotatable bonds is 4. The van der Waals surface area contributed by atoms with E-state index in [-0.39, 0.29) is 33.3 Å². The number of carboxylic acids is 1. The highest BCUT2D eigenvalue weighted by molar-refractivity contribution is 6.07. The molecule has 0 radical (unpaired) electrons. The minimum atomic E-state index is -4.80. The first kappa shape index (κ1) is 24.9. The zero-order chi connectivity index (χ0) is 27.4. The van der Waals surface area contributed by atoms with Crippen LogP contribution in [0.1, 0.15) is 31.8 Å². The van der Waals surface area contributed by atoms with Crippen molar-refractivity contribution in [3.8, 4) is 22.5 Å². The van der Waals surface area contributed by atoms with Crippen LogP contribution in [0.25, 0.3) is 33.4 Å². The van der Waals surface area contributed by atoms with Crippen LogP contribution < -0.4 is 0 Å². The molecule has 0 aliphatic rings. The van der Waals surface area contributed by atoms with Gasteiger partial charge in [-0.3, -0.25) is 4.79 Å². The van der Waals surface area contributed by atoms with Crippen LogP contribution in [-0.2, 0) is 13.2 Å². The molecule has 0 saturated heterocycles. The Morgan fingerprint density at radius 1 is 1.03 bits per heavy atom. The number of aryl methyl sites for hydroxylation is 2. The summed E-state index contributed by atoms with van der Waals surface area (Å²) in [6.45, 7) is 1.39. The average molecular weight is 522 g/mol. The summed E-state index contributed by atoms with van der Waals surface area (Å²) in [5.74, 6) is -3.29. The van der Waals surface area contributed by atoms with Crippen molar-refractivity contribution in [1.82, 2.24) is 19.3 Å². The Morgan fingerprint density at radius 3 is 2.42 bits per heavy atom. The summed E-state index contributed by atoms with van der Waals surface area (Å²) in [5.41, 5.74) is -0.819. The summed E-state index contributed by atoms with van der Waals surface area (Å²) >= 11 is 0. The highest BCUT2D eigenvalue weighted by atomic mass is 19.4. The Balaban J connectivity index is 1.78. The molecule has 3 aromatic carbocycles. The van der Waals surface area contributed by atoms with Crippen molar-refractivity contribution in [1.29, 1.82) is 0 Å². The van der Waals surface area contributed by atoms with Gasteiger partial charge in [-0.25, -0.2) is 14.2 Å². The molecular formula is C27H18F4N4O3. The Bertz CT molecular complexity index is 1750. The fourth-order valence-corrected chi connectivity index (χ4v) is 4.32. The molecule has 0 unspecified atom stereocenters. The van der Waals surface area contributed by atoms with Crippen molar-refractivity contribution in [2.24, 2.45) is 7.05 Å². The second kappa shape index (κ2) is 8.94. The van der Waals surface area contributed by atoms with Crippen LogP contribution in [0.2, 0.25) is 0 Å². The second-order valence-corrected chi connectivity index (χ2v) is 8.72. The lowest BCUT2D eigenvalue weighted by Gasteiger charge is -2.14. The predicted octanol–water partition coefficient (Wildman–Crippen LogP) is 5.96. The first-order chi connectivity index (χ1) is 18.0. The van der Waals surface area contributed by atoms with E-state index in [1.807, 2.05) is 0 Å². The van der Waals surface area contributed by atoms with Gasteiger partial charge in [0, 0.05) is 29.8 Å². The largest absolute Gasteiger partial charge is 0.478 e. The number of hydrogen-bond acceptors (Lipinski definition) is 4. The number of benzene rings is 3. The number of carbonyl (C=O) groups excluding carboxylic acids is 1. The molecule has 192 valence electrons. The molecule has 38 heavy (non-hydrogen) atoms. The number of fused-ring (bicyclic) bond motifs is 1. The van der Waals surface area contributed by atoms with Crippen LogP contribution in [0, 0.1) is 12.7 Å². The van der Waals surface area contributed by atoms with E-state index in [0.29, 0.717) is 11.3 Å². The fourth-order valence-electron chi connectivity index (χ4n) is 4.32. The van der Waals surface area contributed by atoms with Crippen LogP contribution in [0.15, 0.2) is 67.1 Å². The van der Waals surface area contributed by atoms with Crippen LogP contribution >= 0.6 is 0 Å². The smallest absolute Gasteiger partial charge is 0.417 e. The molecule has 0 spiro atoms. The summed E-state index contributed by atoms with van der Waals surface area (Å²) in [5, 5.41) is 13.7. The van der Waals surface area contributed by atoms with E-state index < -0.39 is 35.0 Å². The third-order valence-electron chi connectivity index (χ3n) is 6.14. The van der Waals surface area contributed by atoms with E-state index in [2.05, 4.69) is 10.1 Å². The zero-order valence-corrected chi connectivity index (χ0v) is 19.9. The van der Waals surface area contributed by atoms with Crippen LogP contribution in [0.3, 0.4) is 0 Å². The van der Waals surface area contributed by atoms with Gasteiger partial charge >= 0.3 is 12.1 Å². The van der Waals surface area contributed by atoms with Gasteiger partial charge in [0.05, 0.1) is 34.2 Å². The average Bonchev–Trinajstić information content (AvgIpc) is 3.46. The predicted molar refractivity (Wildman–Crippen MR) is 130 cm³/mol. The van der Waals surface area contributed by atoms with Crippen molar-refractivity contribution >= 4 is 22.8 Å². The van der Waals surface area contributed by atoms with Gasteiger partial charge in [0.15, 0.2) is 0 Å². The normalized spacial score (nSPS) is 11.7. The van der Waals surface area contributed by atoms with Crippen molar-refractivity contribution in [2.75, 3.05) is 0 Å². The highest BCUT2D eigenvalue weighted by Gasteiger charge is 2.37. The first-order valence-electron chi connectivity index (χ1n) is 11.2. The number of hydrogen-bond donors (Lipinski definition) is 1. The lowest BCUT2D eigenvalue weighted by Crippen LogP contribution is -2.21. The Labute approximate surface area is 212 Å². The standard InChI is InChI=1S/C27H18F4N4O3/c1-14-4-3-5-19(27(29,30)31)23(14)25(36)35-22-11-15(21-12-34(2)13-32-21)6-9-18(22)24(33-35)17-8-7-16(26(37)38)10-20(17)28/h3-13H,1-2H3,(H,37,38). The number of carbonyl (C=O) groups is 2. The van der Waals surface area contributed by atoms with Gasteiger partial charge in [-0.2, -0.15) is 23.0 Å². The van der Waals surface area contributed by atoms with E-state index in [0.717, 1.165) is 16.8 Å². The van der Waals surface area contributed by atoms with Gasteiger partial charge in [0.25, 0.3) is 5.91 Å². The quantitative estimate of drug-likeness (QED) is 0.295. The molecule has 0 atom stereocenters. The van der Waals surface area contributed by atoms with E-state index >= 15 is 4.39 Å². The first-order valence-corrected chi connectivity index (χ1v) is 11.2. The van der Waals surface area contributed by atoms with Gasteiger partial charge in [-0.05, 0) is 48.9 Å². The molecular weight excluding hydrogens is 504 g/mol. The van der Waals surface area contributed by atoms with Crippen LogP contribution in [0.4, 0.5) is 17.6 Å². The molecule has 0 fully saturated rings. The lowest BCUT2D eigenvalue weighted by atomic mass is 10.0. The maximum atomic E-state index is 15.0. The monoisotopic (exact) mass is 522 g/mol. The van der Waals surface area contributed by atoms with Crippen molar-refractivity contribution < 1.29 is 32.3 Å². The third kappa shape index (κ3) is 4.21. The maximum absolute atomic E-state index is 15.0. The third-order valence-corrected chi connectivity index (χ3v) is 6.14. The zero-order valence-electron chi connectivity index (χ0n) is 19.9. The summed E-state index contributed by atoms with van der Waals surface area (Å²) in [6.07, 6.45) is -1.52. The summed E-state index contributed by atoms with van der Waals surface area (Å²) in [4.78, 5) is 29.2. The van der Waals surface area contributed by atoms with Gasteiger partial charge in [0.1, 0.15) is 11.5 Å². The Hall–Kier alpha value is -4.80. The van der Waals surface area contributed by atoms with E-state index in [1.165, 1.54) is 31.2 Å². The minimum absolute atomic E-state index is 0.0301. The molecule has 0 bridgehead atoms. The maximum Gasteiger partial charge on any atom is 0.417 e.